The molecule has 0 amide bonds. The summed E-state index contributed by atoms with van der Waals surface area (Å²) >= 11 is 0. The van der Waals surface area contributed by atoms with Crippen molar-refractivity contribution in [2.75, 3.05) is 0 Å². The van der Waals surface area contributed by atoms with E-state index in [0.717, 1.165) is 4.68 Å². The van der Waals surface area contributed by atoms with Crippen LogP contribution in [0.15, 0.2) is 63.8 Å². The van der Waals surface area contributed by atoms with E-state index in [1.54, 1.807) is 12.1 Å². The molecule has 3 aromatic rings. The molecule has 3 rings (SSSR count). The second-order valence-electron chi connectivity index (χ2n) is 4.79. The first-order valence-corrected chi connectivity index (χ1v) is 6.70. The van der Waals surface area contributed by atoms with Crippen LogP contribution in [0.25, 0.3) is 11.5 Å². The third kappa shape index (κ3) is 2.96. The van der Waals surface area contributed by atoms with E-state index in [4.69, 9.17) is 4.42 Å². The number of aliphatic hydroxyl groups excluding tert-OH is 1. The summed E-state index contributed by atoms with van der Waals surface area (Å²) in [6.07, 6.45) is -0.980. The predicted molar refractivity (Wildman–Crippen MR) is 77.6 cm³/mol. The lowest BCUT2D eigenvalue weighted by Gasteiger charge is -2.09. The molecule has 1 unspecified atom stereocenters. The Bertz CT molecular complexity index is 809. The summed E-state index contributed by atoms with van der Waals surface area (Å²) in [5.74, 6) is -0.849. The largest absolute Gasteiger partial charge is 0.437 e. The maximum absolute atomic E-state index is 12.9. The van der Waals surface area contributed by atoms with Gasteiger partial charge in [-0.1, -0.05) is 30.3 Å². The molecule has 0 aliphatic heterocycles. The number of nitrogens with zero attached hydrogens (tertiary/aromatic N) is 2. The molecule has 1 aromatic heterocycles. The fraction of sp³-hybridized carbons (Fsp3) is 0.125. The van der Waals surface area contributed by atoms with E-state index < -0.39 is 11.9 Å². The molecule has 0 aliphatic carbocycles. The summed E-state index contributed by atoms with van der Waals surface area (Å²) in [6.45, 7) is -0.0687. The molecule has 0 spiro atoms. The van der Waals surface area contributed by atoms with Gasteiger partial charge in [-0.05, 0) is 29.8 Å². The molecule has 1 atom stereocenters. The fourth-order valence-electron chi connectivity index (χ4n) is 2.07. The minimum atomic E-state index is -0.980. The quantitative estimate of drug-likeness (QED) is 0.803. The van der Waals surface area contributed by atoms with E-state index in [2.05, 4.69) is 5.10 Å². The minimum absolute atomic E-state index is 0.0687. The molecule has 0 saturated carbocycles. The van der Waals surface area contributed by atoms with Gasteiger partial charge in [0.15, 0.2) is 0 Å². The minimum Gasteiger partial charge on any atom is -0.388 e. The molecule has 1 heterocycles. The lowest BCUT2D eigenvalue weighted by atomic mass is 10.1. The second-order valence-corrected chi connectivity index (χ2v) is 4.79. The van der Waals surface area contributed by atoms with Gasteiger partial charge >= 0.3 is 5.76 Å². The van der Waals surface area contributed by atoms with Crippen molar-refractivity contribution < 1.29 is 13.9 Å². The fourth-order valence-corrected chi connectivity index (χ4v) is 2.07. The van der Waals surface area contributed by atoms with Gasteiger partial charge in [0, 0.05) is 5.56 Å². The van der Waals surface area contributed by atoms with Crippen molar-refractivity contribution >= 4 is 0 Å². The molecule has 22 heavy (non-hydrogen) atoms. The Morgan fingerprint density at radius 1 is 1.14 bits per heavy atom. The van der Waals surface area contributed by atoms with E-state index in [-0.39, 0.29) is 18.3 Å². The third-order valence-electron chi connectivity index (χ3n) is 3.23. The van der Waals surface area contributed by atoms with Crippen molar-refractivity contribution in [2.45, 2.75) is 12.6 Å². The zero-order valence-electron chi connectivity index (χ0n) is 11.5. The highest BCUT2D eigenvalue weighted by atomic mass is 19.1. The maximum atomic E-state index is 12.9. The first-order valence-electron chi connectivity index (χ1n) is 6.70. The van der Waals surface area contributed by atoms with Crippen molar-refractivity contribution in [3.05, 3.63) is 76.5 Å². The van der Waals surface area contributed by atoms with Crippen molar-refractivity contribution in [1.82, 2.24) is 9.78 Å². The molecule has 5 nitrogen and oxygen atoms in total. The summed E-state index contributed by atoms with van der Waals surface area (Å²) in [4.78, 5) is 11.8. The van der Waals surface area contributed by atoms with E-state index in [1.165, 1.54) is 24.3 Å². The highest BCUT2D eigenvalue weighted by Crippen LogP contribution is 2.17. The Morgan fingerprint density at radius 2 is 1.82 bits per heavy atom. The van der Waals surface area contributed by atoms with Crippen LogP contribution in [0.4, 0.5) is 4.39 Å². The van der Waals surface area contributed by atoms with Crippen molar-refractivity contribution in [2.24, 2.45) is 0 Å². The summed E-state index contributed by atoms with van der Waals surface area (Å²) in [5.41, 5.74) is 1.17. The molecule has 0 fully saturated rings. The maximum Gasteiger partial charge on any atom is 0.437 e. The van der Waals surface area contributed by atoms with Gasteiger partial charge in [-0.15, -0.1) is 5.10 Å². The molecule has 0 bridgehead atoms. The molecule has 2 aromatic carbocycles. The topological polar surface area (TPSA) is 68.3 Å². The monoisotopic (exact) mass is 300 g/mol. The summed E-state index contributed by atoms with van der Waals surface area (Å²) in [7, 11) is 0. The van der Waals surface area contributed by atoms with Crippen LogP contribution in [0.3, 0.4) is 0 Å². The Morgan fingerprint density at radius 3 is 2.50 bits per heavy atom. The van der Waals surface area contributed by atoms with Crippen LogP contribution in [-0.4, -0.2) is 14.9 Å². The van der Waals surface area contributed by atoms with E-state index in [0.29, 0.717) is 11.1 Å². The Balaban J connectivity index is 1.82. The average Bonchev–Trinajstić information content (AvgIpc) is 2.90. The predicted octanol–water partition coefficient (Wildman–Crippen LogP) is 2.38. The van der Waals surface area contributed by atoms with E-state index in [1.807, 2.05) is 18.2 Å². The molecule has 112 valence electrons. The smallest absolute Gasteiger partial charge is 0.388 e. The van der Waals surface area contributed by atoms with Gasteiger partial charge in [0.05, 0.1) is 12.6 Å². The number of rotatable bonds is 4. The molecule has 1 N–H and O–H groups in total. The van der Waals surface area contributed by atoms with Crippen LogP contribution >= 0.6 is 0 Å². The van der Waals surface area contributed by atoms with Crippen LogP contribution in [0.1, 0.15) is 11.7 Å². The number of aromatic nitrogens is 2. The zero-order chi connectivity index (χ0) is 15.5. The van der Waals surface area contributed by atoms with E-state index in [9.17, 15) is 14.3 Å². The highest BCUT2D eigenvalue weighted by Gasteiger charge is 2.15. The Labute approximate surface area is 125 Å². The number of hydrogen-bond acceptors (Lipinski definition) is 4. The number of aliphatic hydroxyl groups is 1. The Hall–Kier alpha value is -2.73. The van der Waals surface area contributed by atoms with Crippen molar-refractivity contribution in [3.63, 3.8) is 0 Å². The highest BCUT2D eigenvalue weighted by molar-refractivity contribution is 5.51. The summed E-state index contributed by atoms with van der Waals surface area (Å²) < 4.78 is 19.0. The van der Waals surface area contributed by atoms with Crippen molar-refractivity contribution in [3.8, 4) is 11.5 Å². The average molecular weight is 300 g/mol. The SMILES string of the molecule is O=c1oc(-c2ccccc2)nn1CC(O)c1ccc(F)cc1. The summed E-state index contributed by atoms with van der Waals surface area (Å²) in [6, 6.07) is 14.4. The van der Waals surface area contributed by atoms with Gasteiger partial charge < -0.3 is 9.52 Å². The van der Waals surface area contributed by atoms with Crippen LogP contribution < -0.4 is 5.76 Å². The number of halogens is 1. The molecule has 0 aliphatic rings. The van der Waals surface area contributed by atoms with Crippen molar-refractivity contribution in [1.29, 1.82) is 0 Å². The first-order chi connectivity index (χ1) is 10.6. The summed E-state index contributed by atoms with van der Waals surface area (Å²) in [5, 5.41) is 14.2. The van der Waals surface area contributed by atoms with Gasteiger partial charge in [-0.3, -0.25) is 0 Å². The first kappa shape index (κ1) is 14.2. The third-order valence-corrected chi connectivity index (χ3v) is 3.23. The molecular weight excluding hydrogens is 287 g/mol. The lowest BCUT2D eigenvalue weighted by molar-refractivity contribution is 0.148. The Kier molecular flexibility index (Phi) is 3.84. The van der Waals surface area contributed by atoms with Crippen LogP contribution in [0.5, 0.6) is 0 Å². The lowest BCUT2D eigenvalue weighted by Crippen LogP contribution is -2.20. The van der Waals surface area contributed by atoms with Crippen LogP contribution in [-0.2, 0) is 6.54 Å². The molecule has 0 saturated heterocycles. The van der Waals surface area contributed by atoms with Gasteiger partial charge in [0.1, 0.15) is 5.82 Å². The van der Waals surface area contributed by atoms with Gasteiger partial charge in [-0.25, -0.2) is 9.18 Å². The number of benzene rings is 2. The van der Waals surface area contributed by atoms with Gasteiger partial charge in [0.2, 0.25) is 5.89 Å². The normalized spacial score (nSPS) is 12.3. The van der Waals surface area contributed by atoms with E-state index >= 15 is 0 Å². The second kappa shape index (κ2) is 5.95. The molecular formula is C16H13FN2O3. The molecule has 0 radical (unpaired) electrons. The molecule has 6 heteroatoms. The van der Waals surface area contributed by atoms with Crippen LogP contribution in [0, 0.1) is 5.82 Å². The number of hydrogen-bond donors (Lipinski definition) is 1. The van der Waals surface area contributed by atoms with Crippen LogP contribution in [0.2, 0.25) is 0 Å². The van der Waals surface area contributed by atoms with Gasteiger partial charge in [0.25, 0.3) is 0 Å². The van der Waals surface area contributed by atoms with Gasteiger partial charge in [-0.2, -0.15) is 4.68 Å². The standard InChI is InChI=1S/C16H13FN2O3/c17-13-8-6-11(7-9-13)14(20)10-19-16(21)22-15(18-19)12-4-2-1-3-5-12/h1-9,14,20H,10H2. The zero-order valence-corrected chi connectivity index (χ0v) is 11.5.